The summed E-state index contributed by atoms with van der Waals surface area (Å²) in [6, 6.07) is 18.1. The Morgan fingerprint density at radius 1 is 1.03 bits per heavy atom. The molecule has 3 aromatic carbocycles. The molecule has 0 aromatic heterocycles. The molecule has 1 aliphatic rings. The van der Waals surface area contributed by atoms with Crippen LogP contribution in [0.25, 0.3) is 0 Å². The predicted octanol–water partition coefficient (Wildman–Crippen LogP) is 4.76. The topological polar surface area (TPSA) is 57.7 Å². The largest absolute Gasteiger partial charge is 0.322 e. The van der Waals surface area contributed by atoms with Gasteiger partial charge in [-0.2, -0.15) is 0 Å². The minimum absolute atomic E-state index is 0.0291. The van der Waals surface area contributed by atoms with Gasteiger partial charge < -0.3 is 4.90 Å². The quantitative estimate of drug-likeness (QED) is 0.526. The molecule has 0 radical (unpaired) electrons. The first-order valence-corrected chi connectivity index (χ1v) is 10.5. The van der Waals surface area contributed by atoms with Crippen molar-refractivity contribution in [1.29, 1.82) is 0 Å². The van der Waals surface area contributed by atoms with Crippen LogP contribution in [0, 0.1) is 12.7 Å². The zero-order chi connectivity index (χ0) is 22.8. The van der Waals surface area contributed by atoms with E-state index >= 15 is 0 Å². The summed E-state index contributed by atoms with van der Waals surface area (Å²) in [5.74, 6) is -1.83. The van der Waals surface area contributed by atoms with Crippen LogP contribution in [-0.2, 0) is 16.1 Å². The number of hydrogen-bond acceptors (Lipinski definition) is 3. The van der Waals surface area contributed by atoms with Gasteiger partial charge in [-0.05, 0) is 55.0 Å². The summed E-state index contributed by atoms with van der Waals surface area (Å²) in [5.41, 5.74) is 2.31. The van der Waals surface area contributed by atoms with E-state index in [4.69, 9.17) is 11.6 Å². The molecular weight excluding hydrogens is 431 g/mol. The van der Waals surface area contributed by atoms with E-state index in [1.54, 1.807) is 36.4 Å². The summed E-state index contributed by atoms with van der Waals surface area (Å²) in [6.45, 7) is 1.94. The minimum atomic E-state index is -1.00. The van der Waals surface area contributed by atoms with Crippen molar-refractivity contribution in [3.63, 3.8) is 0 Å². The van der Waals surface area contributed by atoms with Gasteiger partial charge in [-0.1, -0.05) is 47.5 Å². The fourth-order valence-corrected chi connectivity index (χ4v) is 3.91. The molecule has 1 atom stereocenters. The average Bonchev–Trinajstić information content (AvgIpc) is 3.07. The van der Waals surface area contributed by atoms with Crippen molar-refractivity contribution in [2.75, 3.05) is 4.90 Å². The highest BCUT2D eigenvalue weighted by atomic mass is 35.5. The number of anilines is 1. The summed E-state index contributed by atoms with van der Waals surface area (Å²) >= 11 is 6.30. The number of amides is 3. The second-order valence-electron chi connectivity index (χ2n) is 7.65. The number of carbonyl (C=O) groups excluding carboxylic acids is 3. The molecule has 3 amide bonds. The molecule has 0 bridgehead atoms. The number of benzene rings is 3. The normalized spacial score (nSPS) is 15.8. The third-order valence-corrected chi connectivity index (χ3v) is 5.81. The van der Waals surface area contributed by atoms with Crippen molar-refractivity contribution < 1.29 is 18.8 Å². The fraction of sp³-hybridized carbons (Fsp3) is 0.160. The SMILES string of the molecule is Cc1ccc(N2C(=O)CC(N(Cc3ccccc3Cl)C(=O)c3ccc(F)cc3)C2=O)cc1. The molecule has 0 spiro atoms. The average molecular weight is 451 g/mol. The Balaban J connectivity index is 1.70. The molecule has 162 valence electrons. The maximum atomic E-state index is 13.4. The maximum absolute atomic E-state index is 13.4. The smallest absolute Gasteiger partial charge is 0.257 e. The second-order valence-corrected chi connectivity index (χ2v) is 8.06. The van der Waals surface area contributed by atoms with E-state index in [1.807, 2.05) is 19.1 Å². The van der Waals surface area contributed by atoms with Crippen LogP contribution in [0.1, 0.15) is 27.9 Å². The Morgan fingerprint density at radius 3 is 2.34 bits per heavy atom. The van der Waals surface area contributed by atoms with Gasteiger partial charge in [-0.25, -0.2) is 9.29 Å². The molecule has 4 rings (SSSR count). The Hall–Kier alpha value is -3.51. The highest BCUT2D eigenvalue weighted by Gasteiger charge is 2.44. The Kier molecular flexibility index (Phi) is 6.06. The third-order valence-electron chi connectivity index (χ3n) is 5.44. The van der Waals surface area contributed by atoms with Gasteiger partial charge in [-0.15, -0.1) is 0 Å². The number of nitrogens with zero attached hydrogens (tertiary/aromatic N) is 2. The lowest BCUT2D eigenvalue weighted by Crippen LogP contribution is -2.45. The lowest BCUT2D eigenvalue weighted by molar-refractivity contribution is -0.122. The number of carbonyl (C=O) groups is 3. The molecule has 32 heavy (non-hydrogen) atoms. The Labute approximate surface area is 190 Å². The molecule has 1 saturated heterocycles. The van der Waals surface area contributed by atoms with Crippen molar-refractivity contribution in [1.82, 2.24) is 4.90 Å². The second kappa shape index (κ2) is 8.93. The summed E-state index contributed by atoms with van der Waals surface area (Å²) in [7, 11) is 0. The number of hydrogen-bond donors (Lipinski definition) is 0. The van der Waals surface area contributed by atoms with Crippen LogP contribution in [-0.4, -0.2) is 28.7 Å². The highest BCUT2D eigenvalue weighted by molar-refractivity contribution is 6.31. The van der Waals surface area contributed by atoms with Gasteiger partial charge in [0.25, 0.3) is 11.8 Å². The summed E-state index contributed by atoms with van der Waals surface area (Å²) in [6.07, 6.45) is -0.149. The molecule has 0 saturated carbocycles. The number of aryl methyl sites for hydroxylation is 1. The lowest BCUT2D eigenvalue weighted by atomic mass is 10.1. The first kappa shape index (κ1) is 21.7. The van der Waals surface area contributed by atoms with Gasteiger partial charge in [0.1, 0.15) is 11.9 Å². The fourth-order valence-electron chi connectivity index (χ4n) is 3.72. The van der Waals surface area contributed by atoms with Crippen molar-refractivity contribution >= 4 is 35.0 Å². The van der Waals surface area contributed by atoms with E-state index in [0.29, 0.717) is 16.3 Å². The molecular formula is C25H20ClFN2O3. The van der Waals surface area contributed by atoms with E-state index in [-0.39, 0.29) is 24.4 Å². The van der Waals surface area contributed by atoms with Crippen LogP contribution in [0.5, 0.6) is 0 Å². The minimum Gasteiger partial charge on any atom is -0.322 e. The summed E-state index contributed by atoms with van der Waals surface area (Å²) < 4.78 is 13.4. The van der Waals surface area contributed by atoms with Gasteiger partial charge in [-0.3, -0.25) is 14.4 Å². The van der Waals surface area contributed by atoms with Crippen LogP contribution in [0.4, 0.5) is 10.1 Å². The number of imide groups is 1. The van der Waals surface area contributed by atoms with Crippen molar-refractivity contribution in [2.45, 2.75) is 25.9 Å². The molecule has 7 heteroatoms. The molecule has 1 heterocycles. The molecule has 1 fully saturated rings. The van der Waals surface area contributed by atoms with Crippen LogP contribution in [0.3, 0.4) is 0 Å². The Bertz CT molecular complexity index is 1180. The monoisotopic (exact) mass is 450 g/mol. The van der Waals surface area contributed by atoms with Gasteiger partial charge in [0.15, 0.2) is 0 Å². The third kappa shape index (κ3) is 4.27. The van der Waals surface area contributed by atoms with Crippen LogP contribution >= 0.6 is 11.6 Å². The van der Waals surface area contributed by atoms with Crippen LogP contribution in [0.15, 0.2) is 72.8 Å². The van der Waals surface area contributed by atoms with Crippen LogP contribution < -0.4 is 4.90 Å². The molecule has 1 unspecified atom stereocenters. The van der Waals surface area contributed by atoms with Gasteiger partial charge >= 0.3 is 0 Å². The standard InChI is InChI=1S/C25H20ClFN2O3/c1-16-6-12-20(13-7-16)29-23(30)14-22(25(29)32)28(15-18-4-2-3-5-21(18)26)24(31)17-8-10-19(27)11-9-17/h2-13,22H,14-15H2,1H3. The molecule has 0 aliphatic carbocycles. The van der Waals surface area contributed by atoms with E-state index < -0.39 is 23.7 Å². The van der Waals surface area contributed by atoms with Crippen molar-refractivity contribution in [3.8, 4) is 0 Å². The van der Waals surface area contributed by atoms with E-state index in [0.717, 1.165) is 10.5 Å². The van der Waals surface area contributed by atoms with E-state index in [1.165, 1.54) is 29.2 Å². The summed E-state index contributed by atoms with van der Waals surface area (Å²) in [5, 5.41) is 0.441. The molecule has 0 N–H and O–H groups in total. The van der Waals surface area contributed by atoms with Gasteiger partial charge in [0.2, 0.25) is 5.91 Å². The number of rotatable bonds is 5. The van der Waals surface area contributed by atoms with Gasteiger partial charge in [0.05, 0.1) is 12.1 Å². The lowest BCUT2D eigenvalue weighted by Gasteiger charge is -2.28. The molecule has 5 nitrogen and oxygen atoms in total. The van der Waals surface area contributed by atoms with Crippen LogP contribution in [0.2, 0.25) is 5.02 Å². The molecule has 1 aliphatic heterocycles. The van der Waals surface area contributed by atoms with Crippen molar-refractivity contribution in [3.05, 3.63) is 100 Å². The van der Waals surface area contributed by atoms with Crippen molar-refractivity contribution in [2.24, 2.45) is 0 Å². The number of halogens is 2. The zero-order valence-corrected chi connectivity index (χ0v) is 18.1. The van der Waals surface area contributed by atoms with E-state index in [2.05, 4.69) is 0 Å². The zero-order valence-electron chi connectivity index (χ0n) is 17.3. The maximum Gasteiger partial charge on any atom is 0.257 e. The summed E-state index contributed by atoms with van der Waals surface area (Å²) in [4.78, 5) is 42.0. The highest BCUT2D eigenvalue weighted by Crippen LogP contribution is 2.29. The first-order chi connectivity index (χ1) is 15.3. The van der Waals surface area contributed by atoms with E-state index in [9.17, 15) is 18.8 Å². The first-order valence-electron chi connectivity index (χ1n) is 10.1. The Morgan fingerprint density at radius 2 is 1.69 bits per heavy atom. The predicted molar refractivity (Wildman–Crippen MR) is 120 cm³/mol. The molecule has 3 aromatic rings. The van der Waals surface area contributed by atoms with Gasteiger partial charge in [0, 0.05) is 17.1 Å².